The first kappa shape index (κ1) is 16.6. The smallest absolute Gasteiger partial charge is 0.319 e. The number of hydrogen-bond acceptors (Lipinski definition) is 4. The van der Waals surface area contributed by atoms with Gasteiger partial charge in [0.1, 0.15) is 11.8 Å². The third-order valence-corrected chi connectivity index (χ3v) is 4.02. The van der Waals surface area contributed by atoms with E-state index in [0.29, 0.717) is 18.1 Å². The zero-order chi connectivity index (χ0) is 18.5. The van der Waals surface area contributed by atoms with E-state index >= 15 is 0 Å². The lowest BCUT2D eigenvalue weighted by atomic mass is 10.2. The van der Waals surface area contributed by atoms with Crippen molar-refractivity contribution in [2.45, 2.75) is 6.54 Å². The Hall–Kier alpha value is -3.87. The van der Waals surface area contributed by atoms with Gasteiger partial charge >= 0.3 is 6.03 Å². The number of benzene rings is 2. The number of amides is 2. The fourth-order valence-electron chi connectivity index (χ4n) is 2.73. The van der Waals surface area contributed by atoms with Crippen LogP contribution in [-0.4, -0.2) is 21.0 Å². The Balaban J connectivity index is 1.41. The van der Waals surface area contributed by atoms with E-state index in [4.69, 9.17) is 0 Å². The molecule has 0 unspecified atom stereocenters. The molecule has 7 nitrogen and oxygen atoms in total. The van der Waals surface area contributed by atoms with Gasteiger partial charge in [0.05, 0.1) is 5.52 Å². The van der Waals surface area contributed by atoms with Gasteiger partial charge in [-0.2, -0.15) is 0 Å². The summed E-state index contributed by atoms with van der Waals surface area (Å²) in [4.78, 5) is 23.7. The molecule has 0 aliphatic carbocycles. The van der Waals surface area contributed by atoms with Gasteiger partial charge in [0.15, 0.2) is 5.82 Å². The molecular formula is C20H18N6O. The highest BCUT2D eigenvalue weighted by molar-refractivity contribution is 5.91. The molecule has 2 amide bonds. The van der Waals surface area contributed by atoms with Crippen LogP contribution in [0.5, 0.6) is 0 Å². The number of carbonyl (C=O) groups excluding carboxylic acids is 1. The van der Waals surface area contributed by atoms with Crippen LogP contribution >= 0.6 is 0 Å². The summed E-state index contributed by atoms with van der Waals surface area (Å²) >= 11 is 0. The fourth-order valence-corrected chi connectivity index (χ4v) is 2.73. The fraction of sp³-hybridized carbons (Fsp3) is 0.0500. The van der Waals surface area contributed by atoms with E-state index < -0.39 is 0 Å². The number of urea groups is 1. The van der Waals surface area contributed by atoms with E-state index in [-0.39, 0.29) is 6.03 Å². The quantitative estimate of drug-likeness (QED) is 0.433. The van der Waals surface area contributed by atoms with Crippen LogP contribution in [0.15, 0.2) is 73.2 Å². The summed E-state index contributed by atoms with van der Waals surface area (Å²) in [5, 5.41) is 8.93. The van der Waals surface area contributed by atoms with E-state index in [9.17, 15) is 4.79 Å². The molecule has 0 aliphatic heterocycles. The molecule has 0 fully saturated rings. The Morgan fingerprint density at radius 2 is 1.81 bits per heavy atom. The molecule has 27 heavy (non-hydrogen) atoms. The van der Waals surface area contributed by atoms with Crippen LogP contribution in [0.4, 0.5) is 22.0 Å². The molecule has 4 N–H and O–H groups in total. The van der Waals surface area contributed by atoms with Gasteiger partial charge < -0.3 is 20.9 Å². The molecular weight excluding hydrogens is 340 g/mol. The van der Waals surface area contributed by atoms with Crippen LogP contribution in [0, 0.1) is 0 Å². The highest BCUT2D eigenvalue weighted by atomic mass is 16.2. The first-order valence-electron chi connectivity index (χ1n) is 8.52. The standard InChI is InChI=1S/C20H18N6O/c27-20(22-12-14-5-2-1-3-6-14)26-16-8-4-7-15(11-16)25-19-18-17(9-10-21-18)23-13-24-19/h1-11,13,21H,12H2,(H2,22,26,27)(H,23,24,25). The average Bonchev–Trinajstić information content (AvgIpc) is 3.17. The third-order valence-electron chi connectivity index (χ3n) is 4.02. The topological polar surface area (TPSA) is 94.7 Å². The van der Waals surface area contributed by atoms with Crippen molar-refractivity contribution in [3.8, 4) is 0 Å². The van der Waals surface area contributed by atoms with E-state index in [0.717, 1.165) is 22.3 Å². The number of H-pyrrole nitrogens is 1. The van der Waals surface area contributed by atoms with Gasteiger partial charge in [-0.1, -0.05) is 36.4 Å². The van der Waals surface area contributed by atoms with E-state index in [1.54, 1.807) is 0 Å². The minimum Gasteiger partial charge on any atom is -0.357 e. The second-order valence-corrected chi connectivity index (χ2v) is 5.96. The molecule has 4 aromatic rings. The molecule has 2 heterocycles. The molecule has 0 radical (unpaired) electrons. The van der Waals surface area contributed by atoms with Gasteiger partial charge in [-0.05, 0) is 29.8 Å². The minimum atomic E-state index is -0.259. The van der Waals surface area contributed by atoms with Crippen molar-refractivity contribution in [1.82, 2.24) is 20.3 Å². The predicted octanol–water partition coefficient (Wildman–Crippen LogP) is 4.02. The van der Waals surface area contributed by atoms with Gasteiger partial charge in [-0.3, -0.25) is 0 Å². The summed E-state index contributed by atoms with van der Waals surface area (Å²) in [7, 11) is 0. The number of aromatic amines is 1. The lowest BCUT2D eigenvalue weighted by molar-refractivity contribution is 0.251. The maximum absolute atomic E-state index is 12.1. The summed E-state index contributed by atoms with van der Waals surface area (Å²) < 4.78 is 0. The molecule has 0 atom stereocenters. The third kappa shape index (κ3) is 4.04. The van der Waals surface area contributed by atoms with Crippen molar-refractivity contribution < 1.29 is 4.79 Å². The predicted molar refractivity (Wildman–Crippen MR) is 106 cm³/mol. The van der Waals surface area contributed by atoms with Crippen LogP contribution in [0.3, 0.4) is 0 Å². The van der Waals surface area contributed by atoms with Gasteiger partial charge in [0, 0.05) is 24.1 Å². The van der Waals surface area contributed by atoms with Crippen molar-refractivity contribution in [2.24, 2.45) is 0 Å². The molecule has 0 saturated heterocycles. The van der Waals surface area contributed by atoms with Crippen LogP contribution in [0.1, 0.15) is 5.56 Å². The zero-order valence-electron chi connectivity index (χ0n) is 14.4. The second kappa shape index (κ2) is 7.57. The second-order valence-electron chi connectivity index (χ2n) is 5.96. The molecule has 0 aliphatic rings. The van der Waals surface area contributed by atoms with Gasteiger partial charge in [-0.15, -0.1) is 0 Å². The maximum Gasteiger partial charge on any atom is 0.319 e. The van der Waals surface area contributed by atoms with E-state index in [1.807, 2.05) is 66.9 Å². The maximum atomic E-state index is 12.1. The van der Waals surface area contributed by atoms with Gasteiger partial charge in [0.25, 0.3) is 0 Å². The first-order chi connectivity index (χ1) is 13.3. The molecule has 134 valence electrons. The zero-order valence-corrected chi connectivity index (χ0v) is 14.4. The normalized spacial score (nSPS) is 10.5. The minimum absolute atomic E-state index is 0.259. The molecule has 0 saturated carbocycles. The SMILES string of the molecule is O=C(NCc1ccccc1)Nc1cccc(Nc2ncnc3cc[nH]c23)c1. The summed E-state index contributed by atoms with van der Waals surface area (Å²) in [5.74, 6) is 0.677. The number of hydrogen-bond donors (Lipinski definition) is 4. The highest BCUT2D eigenvalue weighted by Gasteiger charge is 2.06. The number of fused-ring (bicyclic) bond motifs is 1. The first-order valence-corrected chi connectivity index (χ1v) is 8.52. The van der Waals surface area contributed by atoms with Crippen molar-refractivity contribution in [3.63, 3.8) is 0 Å². The molecule has 2 aromatic heterocycles. The number of nitrogens with one attached hydrogen (secondary N) is 4. The lowest BCUT2D eigenvalue weighted by Gasteiger charge is -2.10. The summed E-state index contributed by atoms with van der Waals surface area (Å²) in [5.41, 5.74) is 4.20. The average molecular weight is 358 g/mol. The summed E-state index contributed by atoms with van der Waals surface area (Å²) in [6.45, 7) is 0.469. The number of anilines is 3. The van der Waals surface area contributed by atoms with Crippen LogP contribution in [-0.2, 0) is 6.54 Å². The lowest BCUT2D eigenvalue weighted by Crippen LogP contribution is -2.28. The van der Waals surface area contributed by atoms with Gasteiger partial charge in [0.2, 0.25) is 0 Å². The Morgan fingerprint density at radius 3 is 2.70 bits per heavy atom. The number of nitrogens with zero attached hydrogens (tertiary/aromatic N) is 2. The molecule has 4 rings (SSSR count). The molecule has 2 aromatic carbocycles. The monoisotopic (exact) mass is 358 g/mol. The molecule has 0 bridgehead atoms. The van der Waals surface area contributed by atoms with Crippen molar-refractivity contribution in [3.05, 3.63) is 78.8 Å². The highest BCUT2D eigenvalue weighted by Crippen LogP contribution is 2.23. The Morgan fingerprint density at radius 1 is 0.963 bits per heavy atom. The van der Waals surface area contributed by atoms with Crippen LogP contribution < -0.4 is 16.0 Å². The Bertz CT molecular complexity index is 1060. The Labute approximate surface area is 155 Å². The van der Waals surface area contributed by atoms with E-state index in [1.165, 1.54) is 6.33 Å². The number of carbonyl (C=O) groups is 1. The van der Waals surface area contributed by atoms with Crippen LogP contribution in [0.25, 0.3) is 11.0 Å². The Kier molecular flexibility index (Phi) is 4.65. The number of aromatic nitrogens is 3. The summed E-state index contributed by atoms with van der Waals surface area (Å²) in [6.07, 6.45) is 3.33. The van der Waals surface area contributed by atoms with Crippen LogP contribution in [0.2, 0.25) is 0 Å². The van der Waals surface area contributed by atoms with Gasteiger partial charge in [-0.25, -0.2) is 14.8 Å². The van der Waals surface area contributed by atoms with Crippen molar-refractivity contribution >= 4 is 34.3 Å². The summed E-state index contributed by atoms with van der Waals surface area (Å²) in [6, 6.07) is 18.8. The molecule has 0 spiro atoms. The van der Waals surface area contributed by atoms with Crippen molar-refractivity contribution in [2.75, 3.05) is 10.6 Å². The molecule has 7 heteroatoms. The van der Waals surface area contributed by atoms with E-state index in [2.05, 4.69) is 30.9 Å². The van der Waals surface area contributed by atoms with Crippen molar-refractivity contribution in [1.29, 1.82) is 0 Å². The number of rotatable bonds is 5. The largest absolute Gasteiger partial charge is 0.357 e.